The van der Waals surface area contributed by atoms with Crippen LogP contribution in [0.15, 0.2) is 30.3 Å². The highest BCUT2D eigenvalue weighted by atomic mass is 35.5. The Hall–Kier alpha value is -1.14. The molecule has 2 saturated heterocycles. The number of hydrogen-bond donors (Lipinski definition) is 2. The lowest BCUT2D eigenvalue weighted by atomic mass is 9.89. The molecule has 1 aromatic rings. The molecule has 3 N–H and O–H groups in total. The number of nitrogens with zero attached hydrogens (tertiary/aromatic N) is 1. The van der Waals surface area contributed by atoms with Crippen LogP contribution < -0.4 is 11.1 Å². The van der Waals surface area contributed by atoms with Gasteiger partial charge in [0.15, 0.2) is 0 Å². The van der Waals surface area contributed by atoms with Crippen LogP contribution in [0.5, 0.6) is 0 Å². The lowest BCUT2D eigenvalue weighted by Crippen LogP contribution is -2.46. The SMILES string of the molecule is CC(C(=O)NCC1CCCO1)N1C[C@@H](CN)[C@H](c2ccccc2)C1.Cl. The van der Waals surface area contributed by atoms with Gasteiger partial charge in [0.1, 0.15) is 0 Å². The lowest BCUT2D eigenvalue weighted by Gasteiger charge is -2.24. The molecule has 0 aromatic heterocycles. The second kappa shape index (κ2) is 9.53. The van der Waals surface area contributed by atoms with Gasteiger partial charge in [-0.05, 0) is 37.8 Å². The molecule has 2 heterocycles. The van der Waals surface area contributed by atoms with Crippen LogP contribution in [0, 0.1) is 5.92 Å². The zero-order valence-corrected chi connectivity index (χ0v) is 15.7. The van der Waals surface area contributed by atoms with Crippen LogP contribution in [0.4, 0.5) is 0 Å². The molecule has 0 aliphatic carbocycles. The first-order chi connectivity index (χ1) is 11.7. The van der Waals surface area contributed by atoms with Gasteiger partial charge < -0.3 is 15.8 Å². The van der Waals surface area contributed by atoms with Crippen molar-refractivity contribution in [1.82, 2.24) is 10.2 Å². The van der Waals surface area contributed by atoms with Gasteiger partial charge in [-0.3, -0.25) is 9.69 Å². The molecule has 2 aliphatic rings. The standard InChI is InChI=1S/C19H29N3O2.ClH/c1-14(19(23)21-11-17-8-5-9-24-17)22-12-16(10-20)18(13-22)15-6-3-2-4-7-15;/h2-4,6-7,14,16-18H,5,8-13,20H2,1H3,(H,21,23);1H/t14?,16-,17?,18+;/m1./s1. The maximum atomic E-state index is 12.5. The molecule has 6 heteroatoms. The predicted molar refractivity (Wildman–Crippen MR) is 102 cm³/mol. The molecule has 2 unspecified atom stereocenters. The molecule has 25 heavy (non-hydrogen) atoms. The van der Waals surface area contributed by atoms with Crippen LogP contribution in [0.25, 0.3) is 0 Å². The molecule has 3 rings (SSSR count). The first-order valence-electron chi connectivity index (χ1n) is 9.07. The van der Waals surface area contributed by atoms with Crippen LogP contribution in [-0.4, -0.2) is 55.7 Å². The van der Waals surface area contributed by atoms with E-state index >= 15 is 0 Å². The minimum atomic E-state index is -0.130. The Balaban J connectivity index is 0.00000225. The summed E-state index contributed by atoms with van der Waals surface area (Å²) >= 11 is 0. The summed E-state index contributed by atoms with van der Waals surface area (Å²) in [4.78, 5) is 14.7. The highest BCUT2D eigenvalue weighted by molar-refractivity contribution is 5.85. The number of benzene rings is 1. The van der Waals surface area contributed by atoms with Crippen molar-refractivity contribution in [1.29, 1.82) is 0 Å². The summed E-state index contributed by atoms with van der Waals surface area (Å²) in [6.45, 7) is 5.86. The van der Waals surface area contributed by atoms with Gasteiger partial charge in [0.25, 0.3) is 0 Å². The van der Waals surface area contributed by atoms with Crippen molar-refractivity contribution in [3.8, 4) is 0 Å². The van der Waals surface area contributed by atoms with E-state index in [2.05, 4.69) is 34.5 Å². The third-order valence-electron chi connectivity index (χ3n) is 5.45. The van der Waals surface area contributed by atoms with Crippen molar-refractivity contribution in [2.45, 2.75) is 37.8 Å². The van der Waals surface area contributed by atoms with Gasteiger partial charge >= 0.3 is 0 Å². The number of nitrogens with one attached hydrogen (secondary N) is 1. The van der Waals surface area contributed by atoms with Crippen molar-refractivity contribution >= 4 is 18.3 Å². The first kappa shape index (κ1) is 20.2. The highest BCUT2D eigenvalue weighted by Crippen LogP contribution is 2.33. The molecular weight excluding hydrogens is 338 g/mol. The summed E-state index contributed by atoms with van der Waals surface area (Å²) in [5.41, 5.74) is 7.32. The van der Waals surface area contributed by atoms with E-state index in [-0.39, 0.29) is 30.5 Å². The number of likely N-dealkylation sites (tertiary alicyclic amines) is 1. The fourth-order valence-corrected chi connectivity index (χ4v) is 3.87. The van der Waals surface area contributed by atoms with E-state index in [1.807, 2.05) is 13.0 Å². The van der Waals surface area contributed by atoms with E-state index in [4.69, 9.17) is 10.5 Å². The topological polar surface area (TPSA) is 67.6 Å². The maximum absolute atomic E-state index is 12.5. The molecule has 2 aliphatic heterocycles. The molecular formula is C19H30ClN3O2. The van der Waals surface area contributed by atoms with Gasteiger partial charge in [-0.1, -0.05) is 30.3 Å². The van der Waals surface area contributed by atoms with Crippen LogP contribution in [-0.2, 0) is 9.53 Å². The molecule has 1 amide bonds. The zero-order chi connectivity index (χ0) is 16.9. The van der Waals surface area contributed by atoms with Gasteiger partial charge in [0, 0.05) is 32.2 Å². The third kappa shape index (κ3) is 4.94. The van der Waals surface area contributed by atoms with Gasteiger partial charge in [0.2, 0.25) is 5.91 Å². The summed E-state index contributed by atoms with van der Waals surface area (Å²) in [6, 6.07) is 10.4. The summed E-state index contributed by atoms with van der Waals surface area (Å²) < 4.78 is 5.57. The normalized spacial score (nSPS) is 27.7. The number of amides is 1. The molecule has 4 atom stereocenters. The fourth-order valence-electron chi connectivity index (χ4n) is 3.87. The van der Waals surface area contributed by atoms with Crippen LogP contribution in [0.2, 0.25) is 0 Å². The Morgan fingerprint density at radius 1 is 1.36 bits per heavy atom. The predicted octanol–water partition coefficient (Wildman–Crippen LogP) is 1.77. The molecule has 5 nitrogen and oxygen atoms in total. The van der Waals surface area contributed by atoms with E-state index in [1.54, 1.807) is 0 Å². The number of carbonyl (C=O) groups is 1. The molecule has 2 fully saturated rings. The minimum absolute atomic E-state index is 0. The van der Waals surface area contributed by atoms with Crippen molar-refractivity contribution in [3.63, 3.8) is 0 Å². The van der Waals surface area contributed by atoms with E-state index < -0.39 is 0 Å². The average Bonchev–Trinajstić information content (AvgIpc) is 3.29. The Bertz CT molecular complexity index is 537. The molecule has 0 spiro atoms. The number of carbonyl (C=O) groups excluding carboxylic acids is 1. The molecule has 140 valence electrons. The number of hydrogen-bond acceptors (Lipinski definition) is 4. The van der Waals surface area contributed by atoms with E-state index in [0.29, 0.717) is 24.9 Å². The largest absolute Gasteiger partial charge is 0.376 e. The second-order valence-electron chi connectivity index (χ2n) is 7.02. The van der Waals surface area contributed by atoms with E-state index in [0.717, 1.165) is 32.5 Å². The Morgan fingerprint density at radius 3 is 2.76 bits per heavy atom. The number of nitrogens with two attached hydrogens (primary N) is 1. The maximum Gasteiger partial charge on any atom is 0.237 e. The Kier molecular flexibility index (Phi) is 7.69. The van der Waals surface area contributed by atoms with E-state index in [9.17, 15) is 4.79 Å². The average molecular weight is 368 g/mol. The number of ether oxygens (including phenoxy) is 1. The van der Waals surface area contributed by atoms with Gasteiger partial charge in [-0.15, -0.1) is 12.4 Å². The number of rotatable bonds is 6. The van der Waals surface area contributed by atoms with Gasteiger partial charge in [0.05, 0.1) is 12.1 Å². The molecule has 1 aromatic carbocycles. The highest BCUT2D eigenvalue weighted by Gasteiger charge is 2.36. The van der Waals surface area contributed by atoms with E-state index in [1.165, 1.54) is 5.56 Å². The molecule has 0 saturated carbocycles. The summed E-state index contributed by atoms with van der Waals surface area (Å²) in [6.07, 6.45) is 2.33. The van der Waals surface area contributed by atoms with Crippen molar-refractivity contribution in [3.05, 3.63) is 35.9 Å². The second-order valence-corrected chi connectivity index (χ2v) is 7.02. The lowest BCUT2D eigenvalue weighted by molar-refractivity contribution is -0.126. The number of halogens is 1. The van der Waals surface area contributed by atoms with Crippen LogP contribution in [0.3, 0.4) is 0 Å². The van der Waals surface area contributed by atoms with Crippen molar-refractivity contribution < 1.29 is 9.53 Å². The molecule has 0 bridgehead atoms. The quantitative estimate of drug-likeness (QED) is 0.804. The summed E-state index contributed by atoms with van der Waals surface area (Å²) in [5, 5.41) is 3.05. The Labute approximate surface area is 156 Å². The minimum Gasteiger partial charge on any atom is -0.376 e. The summed E-state index contributed by atoms with van der Waals surface area (Å²) in [7, 11) is 0. The molecule has 0 radical (unpaired) electrons. The summed E-state index contributed by atoms with van der Waals surface area (Å²) in [5.74, 6) is 0.903. The van der Waals surface area contributed by atoms with Gasteiger partial charge in [-0.25, -0.2) is 0 Å². The van der Waals surface area contributed by atoms with Crippen molar-refractivity contribution in [2.24, 2.45) is 11.7 Å². The fraction of sp³-hybridized carbons (Fsp3) is 0.632. The Morgan fingerprint density at radius 2 is 2.12 bits per heavy atom. The van der Waals surface area contributed by atoms with Gasteiger partial charge in [-0.2, -0.15) is 0 Å². The first-order valence-corrected chi connectivity index (χ1v) is 9.07. The monoisotopic (exact) mass is 367 g/mol. The third-order valence-corrected chi connectivity index (χ3v) is 5.45. The van der Waals surface area contributed by atoms with Crippen molar-refractivity contribution in [2.75, 3.05) is 32.8 Å². The zero-order valence-electron chi connectivity index (χ0n) is 14.9. The smallest absolute Gasteiger partial charge is 0.237 e. The van der Waals surface area contributed by atoms with Crippen LogP contribution >= 0.6 is 12.4 Å². The van der Waals surface area contributed by atoms with Crippen LogP contribution in [0.1, 0.15) is 31.2 Å².